The number of alkyl halides is 3. The van der Waals surface area contributed by atoms with E-state index in [-0.39, 0.29) is 18.3 Å². The van der Waals surface area contributed by atoms with Gasteiger partial charge in [-0.25, -0.2) is 9.97 Å². The number of nitrogens with two attached hydrogens (primary N) is 1. The lowest BCUT2D eigenvalue weighted by Crippen LogP contribution is -2.32. The van der Waals surface area contributed by atoms with Crippen LogP contribution in [0.15, 0.2) is 48.9 Å². The molecular formula is C21H16F3N5O2. The Morgan fingerprint density at radius 2 is 2.03 bits per heavy atom. The summed E-state index contributed by atoms with van der Waals surface area (Å²) in [4.78, 5) is 23.1. The van der Waals surface area contributed by atoms with E-state index < -0.39 is 17.8 Å². The van der Waals surface area contributed by atoms with E-state index in [4.69, 9.17) is 10.5 Å². The van der Waals surface area contributed by atoms with E-state index in [0.29, 0.717) is 33.5 Å². The second-order valence-electron chi connectivity index (χ2n) is 7.34. The number of anilines is 1. The average Bonchev–Trinajstić information content (AvgIpc) is 3.39. The van der Waals surface area contributed by atoms with Gasteiger partial charge in [0.15, 0.2) is 0 Å². The Morgan fingerprint density at radius 3 is 2.81 bits per heavy atom. The van der Waals surface area contributed by atoms with Gasteiger partial charge < -0.3 is 15.4 Å². The van der Waals surface area contributed by atoms with Crippen LogP contribution in [0.3, 0.4) is 0 Å². The molecule has 3 heterocycles. The number of likely N-dealkylation sites (N-methyl/N-ethyl adjacent to an activating group) is 1. The van der Waals surface area contributed by atoms with Crippen LogP contribution in [0.25, 0.3) is 16.6 Å². The second-order valence-corrected chi connectivity index (χ2v) is 7.34. The number of halogens is 3. The molecular weight excluding hydrogens is 411 g/mol. The normalized spacial score (nSPS) is 15.8. The zero-order valence-electron chi connectivity index (χ0n) is 16.2. The molecule has 1 aliphatic heterocycles. The molecule has 1 amide bonds. The number of benzene rings is 2. The van der Waals surface area contributed by atoms with Crippen LogP contribution in [-0.4, -0.2) is 38.8 Å². The molecule has 1 atom stereocenters. The lowest BCUT2D eigenvalue weighted by atomic mass is 10.0. The molecule has 1 unspecified atom stereocenters. The maximum absolute atomic E-state index is 13.2. The number of aromatic nitrogens is 3. The van der Waals surface area contributed by atoms with Crippen molar-refractivity contribution in [2.75, 3.05) is 19.4 Å². The Hall–Kier alpha value is -3.82. The zero-order valence-corrected chi connectivity index (χ0v) is 16.2. The first-order chi connectivity index (χ1) is 14.7. The molecule has 2 N–H and O–H groups in total. The van der Waals surface area contributed by atoms with Crippen LogP contribution in [-0.2, 0) is 6.18 Å². The Morgan fingerprint density at radius 1 is 1.23 bits per heavy atom. The highest BCUT2D eigenvalue weighted by molar-refractivity contribution is 5.98. The van der Waals surface area contributed by atoms with Crippen molar-refractivity contribution >= 4 is 28.3 Å². The average molecular weight is 427 g/mol. The first-order valence-electron chi connectivity index (χ1n) is 9.36. The minimum atomic E-state index is -4.46. The molecule has 4 aromatic rings. The molecule has 7 nitrogen and oxygen atoms in total. The number of ether oxygens (including phenoxy) is 1. The van der Waals surface area contributed by atoms with Crippen molar-refractivity contribution in [1.29, 1.82) is 0 Å². The molecule has 1 aliphatic rings. The number of carbonyl (C=O) groups excluding carboxylic acids is 1. The van der Waals surface area contributed by atoms with Crippen molar-refractivity contribution in [2.24, 2.45) is 0 Å². The summed E-state index contributed by atoms with van der Waals surface area (Å²) in [5.41, 5.74) is 8.00. The quantitative estimate of drug-likeness (QED) is 0.527. The molecule has 31 heavy (non-hydrogen) atoms. The van der Waals surface area contributed by atoms with E-state index in [9.17, 15) is 18.0 Å². The summed E-state index contributed by atoms with van der Waals surface area (Å²) in [5.74, 6) is 0.172. The molecule has 0 spiro atoms. The summed E-state index contributed by atoms with van der Waals surface area (Å²) < 4.78 is 46.1. The molecule has 0 radical (unpaired) electrons. The number of fused-ring (bicyclic) bond motifs is 4. The van der Waals surface area contributed by atoms with Crippen molar-refractivity contribution in [1.82, 2.24) is 19.3 Å². The Kier molecular flexibility index (Phi) is 4.07. The predicted molar refractivity (Wildman–Crippen MR) is 107 cm³/mol. The summed E-state index contributed by atoms with van der Waals surface area (Å²) in [5, 5.41) is 0. The minimum Gasteiger partial charge on any atom is -0.491 e. The summed E-state index contributed by atoms with van der Waals surface area (Å²) >= 11 is 0. The van der Waals surface area contributed by atoms with Gasteiger partial charge in [0.25, 0.3) is 5.91 Å². The fraction of sp³-hybridized carbons (Fsp3) is 0.190. The van der Waals surface area contributed by atoms with Crippen LogP contribution in [0.5, 0.6) is 5.75 Å². The van der Waals surface area contributed by atoms with E-state index >= 15 is 0 Å². The standard InChI is InChI=1S/C21H16F3N5O2/c1-28(17-9-31-18-7-12(21(22,23)24)3-4-13(17)18)20(30)11-2-5-14-15(6-11)29-10-26-8-16(29)19(25)27-14/h2-8,10,17H,9H2,1H3,(H2,25,27). The molecule has 0 aliphatic carbocycles. The first kappa shape index (κ1) is 19.2. The van der Waals surface area contributed by atoms with Crippen molar-refractivity contribution in [3.63, 3.8) is 0 Å². The minimum absolute atomic E-state index is 0.0797. The third kappa shape index (κ3) is 3.02. The Bertz CT molecular complexity index is 1350. The summed E-state index contributed by atoms with van der Waals surface area (Å²) in [6, 6.07) is 7.86. The van der Waals surface area contributed by atoms with Gasteiger partial charge in [0.1, 0.15) is 23.7 Å². The molecule has 2 aromatic carbocycles. The molecule has 0 bridgehead atoms. The maximum atomic E-state index is 13.2. The molecule has 0 saturated carbocycles. The van der Waals surface area contributed by atoms with Gasteiger partial charge in [-0.15, -0.1) is 0 Å². The van der Waals surface area contributed by atoms with Crippen LogP contribution in [0.4, 0.5) is 19.0 Å². The van der Waals surface area contributed by atoms with Crippen LogP contribution in [0.2, 0.25) is 0 Å². The smallest absolute Gasteiger partial charge is 0.416 e. The molecule has 10 heteroatoms. The fourth-order valence-electron chi connectivity index (χ4n) is 3.84. The Labute approximate surface area is 173 Å². The van der Waals surface area contributed by atoms with Crippen molar-refractivity contribution in [2.45, 2.75) is 12.2 Å². The van der Waals surface area contributed by atoms with Crippen molar-refractivity contribution in [3.8, 4) is 5.75 Å². The number of nitrogen functional groups attached to an aromatic ring is 1. The van der Waals surface area contributed by atoms with Gasteiger partial charge >= 0.3 is 6.18 Å². The highest BCUT2D eigenvalue weighted by Gasteiger charge is 2.36. The largest absolute Gasteiger partial charge is 0.491 e. The maximum Gasteiger partial charge on any atom is 0.416 e. The lowest BCUT2D eigenvalue weighted by Gasteiger charge is -2.24. The highest BCUT2D eigenvalue weighted by atomic mass is 19.4. The number of imidazole rings is 1. The molecule has 0 fully saturated rings. The Balaban J connectivity index is 1.49. The predicted octanol–water partition coefficient (Wildman–Crippen LogP) is 3.69. The molecule has 5 rings (SSSR count). The molecule has 158 valence electrons. The third-order valence-electron chi connectivity index (χ3n) is 5.51. The SMILES string of the molecule is CN(C(=O)c1ccc2nc(N)c3cncn3c2c1)C1COc2cc(C(F)(F)F)ccc21. The van der Waals surface area contributed by atoms with Crippen molar-refractivity contribution < 1.29 is 22.7 Å². The van der Waals surface area contributed by atoms with E-state index in [2.05, 4.69) is 9.97 Å². The van der Waals surface area contributed by atoms with Gasteiger partial charge in [0.05, 0.1) is 35.2 Å². The van der Waals surface area contributed by atoms with Gasteiger partial charge in [-0.2, -0.15) is 13.2 Å². The van der Waals surface area contributed by atoms with Crippen LogP contribution in [0.1, 0.15) is 27.5 Å². The van der Waals surface area contributed by atoms with Gasteiger partial charge in [0, 0.05) is 18.2 Å². The number of nitrogens with zero attached hydrogens (tertiary/aromatic N) is 4. The topological polar surface area (TPSA) is 85.8 Å². The fourth-order valence-corrected chi connectivity index (χ4v) is 3.84. The van der Waals surface area contributed by atoms with E-state index in [1.807, 2.05) is 0 Å². The van der Waals surface area contributed by atoms with Gasteiger partial charge in [0.2, 0.25) is 0 Å². The number of carbonyl (C=O) groups is 1. The number of hydrogen-bond acceptors (Lipinski definition) is 5. The number of amides is 1. The highest BCUT2D eigenvalue weighted by Crippen LogP contribution is 2.40. The van der Waals surface area contributed by atoms with E-state index in [1.165, 1.54) is 11.0 Å². The molecule has 0 saturated heterocycles. The number of rotatable bonds is 2. The van der Waals surface area contributed by atoms with Crippen LogP contribution >= 0.6 is 0 Å². The summed E-state index contributed by atoms with van der Waals surface area (Å²) in [6.45, 7) is 0.0797. The van der Waals surface area contributed by atoms with Gasteiger partial charge in [-0.1, -0.05) is 6.07 Å². The first-order valence-corrected chi connectivity index (χ1v) is 9.36. The molecule has 2 aromatic heterocycles. The van der Waals surface area contributed by atoms with E-state index in [0.717, 1.165) is 12.1 Å². The third-order valence-corrected chi connectivity index (χ3v) is 5.51. The van der Waals surface area contributed by atoms with Crippen molar-refractivity contribution in [3.05, 3.63) is 65.6 Å². The lowest BCUT2D eigenvalue weighted by molar-refractivity contribution is -0.137. The van der Waals surface area contributed by atoms with E-state index in [1.54, 1.807) is 42.2 Å². The zero-order chi connectivity index (χ0) is 21.9. The summed E-state index contributed by atoms with van der Waals surface area (Å²) in [7, 11) is 1.60. The van der Waals surface area contributed by atoms with Gasteiger partial charge in [-0.05, 0) is 30.3 Å². The summed E-state index contributed by atoms with van der Waals surface area (Å²) in [6.07, 6.45) is -1.28. The second kappa shape index (κ2) is 6.59. The number of hydrogen-bond donors (Lipinski definition) is 1. The van der Waals surface area contributed by atoms with Crippen LogP contribution < -0.4 is 10.5 Å². The van der Waals surface area contributed by atoms with Gasteiger partial charge in [-0.3, -0.25) is 9.20 Å². The van der Waals surface area contributed by atoms with Crippen LogP contribution in [0, 0.1) is 0 Å². The monoisotopic (exact) mass is 427 g/mol.